The maximum absolute atomic E-state index is 11.8. The van der Waals surface area contributed by atoms with Crippen molar-refractivity contribution < 1.29 is 9.72 Å². The molecule has 0 saturated carbocycles. The van der Waals surface area contributed by atoms with Gasteiger partial charge >= 0.3 is 6.03 Å². The first-order chi connectivity index (χ1) is 8.49. The number of nitro benzene ring substituents is 1. The average Bonchev–Trinajstić information content (AvgIpc) is 2.32. The van der Waals surface area contributed by atoms with Crippen molar-refractivity contribution in [1.29, 1.82) is 0 Å². The van der Waals surface area contributed by atoms with Crippen LogP contribution in [0.25, 0.3) is 0 Å². The van der Waals surface area contributed by atoms with E-state index in [2.05, 4.69) is 5.32 Å². The summed E-state index contributed by atoms with van der Waals surface area (Å²) in [4.78, 5) is 23.8. The summed E-state index contributed by atoms with van der Waals surface area (Å²) in [5, 5.41) is 13.5. The quantitative estimate of drug-likeness (QED) is 0.660. The molecule has 2 amide bonds. The van der Waals surface area contributed by atoms with Crippen LogP contribution in [0.3, 0.4) is 0 Å². The van der Waals surface area contributed by atoms with E-state index >= 15 is 0 Å². The van der Waals surface area contributed by atoms with Crippen molar-refractivity contribution in [2.45, 2.75) is 20.8 Å². The highest BCUT2D eigenvalue weighted by atomic mass is 16.6. The largest absolute Gasteiger partial charge is 0.325 e. The number of nitrogens with one attached hydrogen (secondary N) is 1. The van der Waals surface area contributed by atoms with Gasteiger partial charge in [-0.05, 0) is 32.4 Å². The Morgan fingerprint density at radius 2 is 2.00 bits per heavy atom. The Hall–Kier alpha value is -2.11. The lowest BCUT2D eigenvalue weighted by atomic mass is 10.2. The summed E-state index contributed by atoms with van der Waals surface area (Å²) in [6.45, 7) is 6.59. The average molecular weight is 251 g/mol. The maximum Gasteiger partial charge on any atom is 0.322 e. The summed E-state index contributed by atoms with van der Waals surface area (Å²) >= 11 is 0. The molecule has 1 rings (SSSR count). The van der Waals surface area contributed by atoms with Crippen molar-refractivity contribution >= 4 is 17.4 Å². The highest BCUT2D eigenvalue weighted by Crippen LogP contribution is 2.25. The number of urea groups is 1. The molecule has 18 heavy (non-hydrogen) atoms. The fourth-order valence-corrected chi connectivity index (χ4v) is 1.60. The molecule has 0 saturated heterocycles. The van der Waals surface area contributed by atoms with Crippen molar-refractivity contribution in [3.8, 4) is 0 Å². The molecule has 0 heterocycles. The molecule has 0 spiro atoms. The first kappa shape index (κ1) is 14.0. The minimum Gasteiger partial charge on any atom is -0.325 e. The molecule has 0 unspecified atom stereocenters. The van der Waals surface area contributed by atoms with Crippen molar-refractivity contribution in [3.05, 3.63) is 33.9 Å². The van der Waals surface area contributed by atoms with Crippen LogP contribution < -0.4 is 5.32 Å². The molecule has 6 heteroatoms. The summed E-state index contributed by atoms with van der Waals surface area (Å²) in [7, 11) is 0. The molecule has 1 aromatic carbocycles. The number of hydrogen-bond donors (Lipinski definition) is 1. The Morgan fingerprint density at radius 1 is 1.39 bits per heavy atom. The Labute approximate surface area is 106 Å². The second kappa shape index (κ2) is 6.00. The van der Waals surface area contributed by atoms with Crippen LogP contribution in [0.4, 0.5) is 16.2 Å². The van der Waals surface area contributed by atoms with Crippen molar-refractivity contribution in [2.24, 2.45) is 0 Å². The van der Waals surface area contributed by atoms with E-state index in [0.717, 1.165) is 5.56 Å². The van der Waals surface area contributed by atoms with Crippen molar-refractivity contribution in [2.75, 3.05) is 18.4 Å². The monoisotopic (exact) mass is 251 g/mol. The number of carbonyl (C=O) groups excluding carboxylic acids is 1. The number of aryl methyl sites for hydroxylation is 1. The smallest absolute Gasteiger partial charge is 0.322 e. The Kier molecular flexibility index (Phi) is 4.65. The second-order valence-corrected chi connectivity index (χ2v) is 3.88. The van der Waals surface area contributed by atoms with Crippen LogP contribution in [-0.4, -0.2) is 28.9 Å². The van der Waals surface area contributed by atoms with E-state index in [9.17, 15) is 14.9 Å². The summed E-state index contributed by atoms with van der Waals surface area (Å²) < 4.78 is 0. The van der Waals surface area contributed by atoms with Gasteiger partial charge < -0.3 is 10.2 Å². The third-order valence-electron chi connectivity index (χ3n) is 2.64. The van der Waals surface area contributed by atoms with Crippen LogP contribution >= 0.6 is 0 Å². The highest BCUT2D eigenvalue weighted by Gasteiger charge is 2.17. The van der Waals surface area contributed by atoms with Crippen molar-refractivity contribution in [3.63, 3.8) is 0 Å². The van der Waals surface area contributed by atoms with Gasteiger partial charge in [-0.2, -0.15) is 0 Å². The van der Waals surface area contributed by atoms with Crippen LogP contribution in [0, 0.1) is 17.0 Å². The van der Waals surface area contributed by atoms with Crippen LogP contribution in [0.5, 0.6) is 0 Å². The van der Waals surface area contributed by atoms with Gasteiger partial charge in [-0.25, -0.2) is 4.79 Å². The molecular weight excluding hydrogens is 234 g/mol. The first-order valence-corrected chi connectivity index (χ1v) is 5.80. The van der Waals surface area contributed by atoms with Gasteiger partial charge in [-0.15, -0.1) is 0 Å². The fourth-order valence-electron chi connectivity index (χ4n) is 1.60. The van der Waals surface area contributed by atoms with Gasteiger partial charge in [0.15, 0.2) is 0 Å². The molecule has 0 aliphatic rings. The minimum absolute atomic E-state index is 0.0875. The van der Waals surface area contributed by atoms with Gasteiger partial charge in [0.2, 0.25) is 0 Å². The molecule has 0 bridgehead atoms. The van der Waals surface area contributed by atoms with E-state index in [1.165, 1.54) is 6.07 Å². The zero-order chi connectivity index (χ0) is 13.7. The zero-order valence-corrected chi connectivity index (χ0v) is 10.8. The lowest BCUT2D eigenvalue weighted by Crippen LogP contribution is -2.34. The highest BCUT2D eigenvalue weighted by molar-refractivity contribution is 5.91. The number of nitrogens with zero attached hydrogens (tertiary/aromatic N) is 2. The van der Waals surface area contributed by atoms with E-state index in [4.69, 9.17) is 0 Å². The molecule has 0 radical (unpaired) electrons. The molecule has 0 aliphatic carbocycles. The third kappa shape index (κ3) is 3.19. The van der Waals surface area contributed by atoms with Crippen LogP contribution in [0.2, 0.25) is 0 Å². The molecule has 0 fully saturated rings. The molecule has 0 atom stereocenters. The van der Waals surface area contributed by atoms with E-state index in [0.29, 0.717) is 13.1 Å². The first-order valence-electron chi connectivity index (χ1n) is 5.80. The standard InChI is InChI=1S/C12H17N3O3/c1-4-14(5-2)12(16)13-10-7-6-9(3)8-11(10)15(17)18/h6-8H,4-5H2,1-3H3,(H,13,16). The molecule has 6 nitrogen and oxygen atoms in total. The van der Waals surface area contributed by atoms with Gasteiger partial charge in [0.05, 0.1) is 4.92 Å². The topological polar surface area (TPSA) is 75.5 Å². The third-order valence-corrected chi connectivity index (χ3v) is 2.64. The van der Waals surface area contributed by atoms with Gasteiger partial charge in [-0.3, -0.25) is 10.1 Å². The Morgan fingerprint density at radius 3 is 2.50 bits per heavy atom. The number of nitro groups is 1. The predicted molar refractivity (Wildman–Crippen MR) is 69.8 cm³/mol. The Balaban J connectivity index is 2.97. The molecule has 0 aromatic heterocycles. The minimum atomic E-state index is -0.495. The summed E-state index contributed by atoms with van der Waals surface area (Å²) in [5.41, 5.74) is 0.917. The van der Waals surface area contributed by atoms with Gasteiger partial charge in [0.1, 0.15) is 5.69 Å². The zero-order valence-electron chi connectivity index (χ0n) is 10.8. The summed E-state index contributed by atoms with van der Waals surface area (Å²) in [6.07, 6.45) is 0. The molecular formula is C12H17N3O3. The molecule has 0 aliphatic heterocycles. The van der Waals surface area contributed by atoms with Gasteiger partial charge in [0.25, 0.3) is 5.69 Å². The number of benzene rings is 1. The molecule has 1 aromatic rings. The van der Waals surface area contributed by atoms with Crippen LogP contribution in [0.1, 0.15) is 19.4 Å². The lowest BCUT2D eigenvalue weighted by molar-refractivity contribution is -0.384. The predicted octanol–water partition coefficient (Wildman–Crippen LogP) is 2.78. The van der Waals surface area contributed by atoms with Gasteiger partial charge in [-0.1, -0.05) is 6.07 Å². The Bertz CT molecular complexity index is 456. The summed E-state index contributed by atoms with van der Waals surface area (Å²) in [5.74, 6) is 0. The second-order valence-electron chi connectivity index (χ2n) is 3.88. The van der Waals surface area contributed by atoms with Gasteiger partial charge in [0, 0.05) is 19.2 Å². The number of hydrogen-bond acceptors (Lipinski definition) is 3. The van der Waals surface area contributed by atoms with Crippen molar-refractivity contribution in [1.82, 2.24) is 4.90 Å². The van der Waals surface area contributed by atoms with Crippen LogP contribution in [0.15, 0.2) is 18.2 Å². The number of carbonyl (C=O) groups is 1. The van der Waals surface area contributed by atoms with Crippen LogP contribution in [-0.2, 0) is 0 Å². The maximum atomic E-state index is 11.8. The lowest BCUT2D eigenvalue weighted by Gasteiger charge is -2.19. The number of rotatable bonds is 4. The fraction of sp³-hybridized carbons (Fsp3) is 0.417. The van der Waals surface area contributed by atoms with E-state index in [1.807, 2.05) is 13.8 Å². The number of amides is 2. The number of anilines is 1. The molecule has 1 N–H and O–H groups in total. The SMILES string of the molecule is CCN(CC)C(=O)Nc1ccc(C)cc1[N+](=O)[O-]. The van der Waals surface area contributed by atoms with E-state index < -0.39 is 4.92 Å². The normalized spacial score (nSPS) is 9.94. The summed E-state index contributed by atoms with van der Waals surface area (Å²) in [6, 6.07) is 4.39. The van der Waals surface area contributed by atoms with E-state index in [1.54, 1.807) is 24.0 Å². The van der Waals surface area contributed by atoms with E-state index in [-0.39, 0.29) is 17.4 Å². The molecule has 98 valence electrons.